The number of likely N-dealkylation sites (N-methyl/N-ethyl adjacent to an activating group) is 1. The van der Waals surface area contributed by atoms with E-state index < -0.39 is 5.97 Å². The molecule has 19 heavy (non-hydrogen) atoms. The Bertz CT molecular complexity index is 473. The fourth-order valence-electron chi connectivity index (χ4n) is 2.71. The zero-order valence-electron chi connectivity index (χ0n) is 11.9. The normalized spacial score (nSPS) is 20.6. The number of carboxylic acid groups (broad SMARTS) is 1. The lowest BCUT2D eigenvalue weighted by molar-refractivity contribution is 0.0696. The number of carbonyl (C=O) groups is 1. The zero-order chi connectivity index (χ0) is 14.0. The van der Waals surface area contributed by atoms with Crippen molar-refractivity contribution in [3.05, 3.63) is 29.3 Å². The topological polar surface area (TPSA) is 43.8 Å². The van der Waals surface area contributed by atoms with Crippen molar-refractivity contribution in [2.24, 2.45) is 0 Å². The van der Waals surface area contributed by atoms with Gasteiger partial charge in [-0.3, -0.25) is 0 Å². The average molecular weight is 262 g/mol. The second kappa shape index (κ2) is 5.61. The minimum atomic E-state index is -0.833. The SMILES string of the molecule is CCc1c(C(=O)O)cccc1N1CCN(C)C(C)C1. The van der Waals surface area contributed by atoms with Crippen molar-refractivity contribution < 1.29 is 9.90 Å². The lowest BCUT2D eigenvalue weighted by atomic mass is 10.0. The smallest absolute Gasteiger partial charge is 0.336 e. The molecule has 4 heteroatoms. The highest BCUT2D eigenvalue weighted by Crippen LogP contribution is 2.26. The first-order valence-electron chi connectivity index (χ1n) is 6.85. The van der Waals surface area contributed by atoms with Gasteiger partial charge in [0.1, 0.15) is 0 Å². The van der Waals surface area contributed by atoms with Crippen molar-refractivity contribution in [2.75, 3.05) is 31.6 Å². The van der Waals surface area contributed by atoms with Crippen molar-refractivity contribution in [2.45, 2.75) is 26.3 Å². The van der Waals surface area contributed by atoms with Crippen LogP contribution in [0.3, 0.4) is 0 Å². The third-order valence-corrected chi connectivity index (χ3v) is 4.04. The monoisotopic (exact) mass is 262 g/mol. The van der Waals surface area contributed by atoms with Crippen molar-refractivity contribution >= 4 is 11.7 Å². The maximum Gasteiger partial charge on any atom is 0.336 e. The molecule has 0 radical (unpaired) electrons. The maximum atomic E-state index is 11.3. The Morgan fingerprint density at radius 3 is 2.74 bits per heavy atom. The molecule has 1 atom stereocenters. The zero-order valence-corrected chi connectivity index (χ0v) is 11.9. The molecule has 1 fully saturated rings. The summed E-state index contributed by atoms with van der Waals surface area (Å²) in [6.07, 6.45) is 0.749. The van der Waals surface area contributed by atoms with Crippen LogP contribution in [0.25, 0.3) is 0 Å². The van der Waals surface area contributed by atoms with E-state index in [0.717, 1.165) is 37.3 Å². The number of carboxylic acids is 1. The second-order valence-electron chi connectivity index (χ2n) is 5.24. The fourth-order valence-corrected chi connectivity index (χ4v) is 2.71. The summed E-state index contributed by atoms with van der Waals surface area (Å²) in [5.41, 5.74) is 2.47. The third kappa shape index (κ3) is 2.73. The predicted octanol–water partition coefficient (Wildman–Crippen LogP) is 2.09. The Balaban J connectivity index is 2.34. The highest BCUT2D eigenvalue weighted by molar-refractivity contribution is 5.91. The Morgan fingerprint density at radius 2 is 2.16 bits per heavy atom. The van der Waals surface area contributed by atoms with Gasteiger partial charge in [-0.15, -0.1) is 0 Å². The lowest BCUT2D eigenvalue weighted by Crippen LogP contribution is -2.50. The number of anilines is 1. The van der Waals surface area contributed by atoms with Gasteiger partial charge in [0.15, 0.2) is 0 Å². The second-order valence-corrected chi connectivity index (χ2v) is 5.24. The summed E-state index contributed by atoms with van der Waals surface area (Å²) in [7, 11) is 2.14. The molecule has 0 amide bonds. The summed E-state index contributed by atoms with van der Waals surface area (Å²) in [6, 6.07) is 6.08. The number of benzene rings is 1. The van der Waals surface area contributed by atoms with Crippen molar-refractivity contribution in [1.29, 1.82) is 0 Å². The van der Waals surface area contributed by atoms with Crippen LogP contribution in [0.15, 0.2) is 18.2 Å². The van der Waals surface area contributed by atoms with Crippen LogP contribution in [-0.4, -0.2) is 48.7 Å². The number of hydrogen-bond donors (Lipinski definition) is 1. The summed E-state index contributed by atoms with van der Waals surface area (Å²) in [4.78, 5) is 16.0. The van der Waals surface area contributed by atoms with E-state index in [1.165, 1.54) is 0 Å². The number of piperazine rings is 1. The van der Waals surface area contributed by atoms with Gasteiger partial charge >= 0.3 is 5.97 Å². The van der Waals surface area contributed by atoms with E-state index in [4.69, 9.17) is 0 Å². The molecule has 2 rings (SSSR count). The molecule has 0 bridgehead atoms. The Labute approximate surface area is 114 Å². The standard InChI is InChI=1S/C15H22N2O2/c1-4-12-13(15(18)19)6-5-7-14(12)17-9-8-16(3)11(2)10-17/h5-7,11H,4,8-10H2,1-3H3,(H,18,19). The molecule has 1 aliphatic heterocycles. The minimum Gasteiger partial charge on any atom is -0.478 e. The number of rotatable bonds is 3. The molecule has 104 valence electrons. The molecule has 4 nitrogen and oxygen atoms in total. The average Bonchev–Trinajstić information content (AvgIpc) is 2.40. The third-order valence-electron chi connectivity index (χ3n) is 4.04. The molecule has 0 aliphatic carbocycles. The molecule has 0 spiro atoms. The first-order valence-corrected chi connectivity index (χ1v) is 6.85. The van der Waals surface area contributed by atoms with E-state index in [-0.39, 0.29) is 0 Å². The van der Waals surface area contributed by atoms with Gasteiger partial charge in [-0.05, 0) is 38.1 Å². The van der Waals surface area contributed by atoms with Gasteiger partial charge in [-0.1, -0.05) is 13.0 Å². The van der Waals surface area contributed by atoms with Crippen LogP contribution in [0, 0.1) is 0 Å². The molecule has 1 aromatic carbocycles. The Hall–Kier alpha value is -1.55. The fraction of sp³-hybridized carbons (Fsp3) is 0.533. The minimum absolute atomic E-state index is 0.437. The number of hydrogen-bond acceptors (Lipinski definition) is 3. The van der Waals surface area contributed by atoms with E-state index in [9.17, 15) is 9.90 Å². The van der Waals surface area contributed by atoms with E-state index >= 15 is 0 Å². The molecule has 1 aliphatic rings. The van der Waals surface area contributed by atoms with Crippen LogP contribution in [-0.2, 0) is 6.42 Å². The van der Waals surface area contributed by atoms with Gasteiger partial charge in [0, 0.05) is 31.4 Å². The predicted molar refractivity (Wildman–Crippen MR) is 77.1 cm³/mol. The molecule has 1 N–H and O–H groups in total. The molecule has 0 aromatic heterocycles. The first kappa shape index (κ1) is 13.9. The van der Waals surface area contributed by atoms with E-state index in [0.29, 0.717) is 11.6 Å². The van der Waals surface area contributed by atoms with Crippen LogP contribution in [0.2, 0.25) is 0 Å². The number of nitrogens with zero attached hydrogens (tertiary/aromatic N) is 2. The van der Waals surface area contributed by atoms with E-state index in [1.54, 1.807) is 6.07 Å². The summed E-state index contributed by atoms with van der Waals surface area (Å²) in [6.45, 7) is 7.15. The van der Waals surface area contributed by atoms with Gasteiger partial charge in [0.2, 0.25) is 0 Å². The summed E-state index contributed by atoms with van der Waals surface area (Å²) in [5, 5.41) is 9.29. The van der Waals surface area contributed by atoms with E-state index in [2.05, 4.69) is 23.8 Å². The van der Waals surface area contributed by atoms with Gasteiger partial charge in [0.25, 0.3) is 0 Å². The van der Waals surface area contributed by atoms with Crippen LogP contribution >= 0.6 is 0 Å². The molecular weight excluding hydrogens is 240 g/mol. The van der Waals surface area contributed by atoms with Crippen LogP contribution in [0.5, 0.6) is 0 Å². The van der Waals surface area contributed by atoms with Crippen molar-refractivity contribution in [3.63, 3.8) is 0 Å². The number of aromatic carboxylic acids is 1. The van der Waals surface area contributed by atoms with E-state index in [1.807, 2.05) is 19.1 Å². The Morgan fingerprint density at radius 1 is 1.42 bits per heavy atom. The highest BCUT2D eigenvalue weighted by atomic mass is 16.4. The Kier molecular flexibility index (Phi) is 4.10. The summed E-state index contributed by atoms with van der Waals surface area (Å²) in [5.74, 6) is -0.833. The lowest BCUT2D eigenvalue weighted by Gasteiger charge is -2.40. The van der Waals surface area contributed by atoms with Crippen LogP contribution in [0.4, 0.5) is 5.69 Å². The largest absolute Gasteiger partial charge is 0.478 e. The molecule has 1 unspecified atom stereocenters. The molecule has 1 heterocycles. The van der Waals surface area contributed by atoms with Gasteiger partial charge in [-0.25, -0.2) is 4.79 Å². The molecular formula is C15H22N2O2. The van der Waals surface area contributed by atoms with Crippen molar-refractivity contribution in [3.8, 4) is 0 Å². The van der Waals surface area contributed by atoms with Gasteiger partial charge in [-0.2, -0.15) is 0 Å². The van der Waals surface area contributed by atoms with Gasteiger partial charge < -0.3 is 14.9 Å². The maximum absolute atomic E-state index is 11.3. The summed E-state index contributed by atoms with van der Waals surface area (Å²) >= 11 is 0. The van der Waals surface area contributed by atoms with Crippen LogP contribution in [0.1, 0.15) is 29.8 Å². The van der Waals surface area contributed by atoms with Crippen molar-refractivity contribution in [1.82, 2.24) is 4.90 Å². The molecule has 1 aromatic rings. The first-order chi connectivity index (χ1) is 9.04. The molecule has 0 saturated carbocycles. The summed E-state index contributed by atoms with van der Waals surface area (Å²) < 4.78 is 0. The quantitative estimate of drug-likeness (QED) is 0.906. The molecule has 1 saturated heterocycles. The highest BCUT2D eigenvalue weighted by Gasteiger charge is 2.23. The van der Waals surface area contributed by atoms with Gasteiger partial charge in [0.05, 0.1) is 5.56 Å². The van der Waals surface area contributed by atoms with Crippen LogP contribution < -0.4 is 4.90 Å².